The van der Waals surface area contributed by atoms with Crippen molar-refractivity contribution in [3.8, 4) is 11.7 Å². The maximum Gasteiger partial charge on any atom is 0.305 e. The van der Waals surface area contributed by atoms with E-state index in [-0.39, 0.29) is 18.7 Å². The fourth-order valence-electron chi connectivity index (χ4n) is 1.89. The first-order valence-corrected chi connectivity index (χ1v) is 6.47. The highest BCUT2D eigenvalue weighted by atomic mass is 16.4. The highest BCUT2D eigenvalue weighted by Gasteiger charge is 2.17. The molecule has 0 spiro atoms. The zero-order chi connectivity index (χ0) is 15.4. The van der Waals surface area contributed by atoms with E-state index in [9.17, 15) is 9.59 Å². The SMILES string of the molecule is Cc1oc(-c2ccco2)nc1CC(=O)NC(C)CC(=O)O. The van der Waals surface area contributed by atoms with Crippen LogP contribution in [0.2, 0.25) is 0 Å². The van der Waals surface area contributed by atoms with E-state index < -0.39 is 12.0 Å². The van der Waals surface area contributed by atoms with E-state index in [1.165, 1.54) is 6.26 Å². The maximum absolute atomic E-state index is 11.8. The molecule has 0 saturated heterocycles. The van der Waals surface area contributed by atoms with E-state index in [4.69, 9.17) is 13.9 Å². The third kappa shape index (κ3) is 3.95. The minimum atomic E-state index is -0.958. The number of carboxylic acid groups (broad SMARTS) is 1. The van der Waals surface area contributed by atoms with Gasteiger partial charge in [0.2, 0.25) is 5.91 Å². The lowest BCUT2D eigenvalue weighted by atomic mass is 10.2. The summed E-state index contributed by atoms with van der Waals surface area (Å²) in [5.41, 5.74) is 0.501. The first kappa shape index (κ1) is 14.8. The Hall–Kier alpha value is -2.57. The van der Waals surface area contributed by atoms with Gasteiger partial charge in [-0.05, 0) is 26.0 Å². The molecule has 1 unspecified atom stereocenters. The van der Waals surface area contributed by atoms with Crippen molar-refractivity contribution in [1.29, 1.82) is 0 Å². The second-order valence-corrected chi connectivity index (χ2v) is 4.74. The van der Waals surface area contributed by atoms with Crippen LogP contribution < -0.4 is 5.32 Å². The molecule has 1 atom stereocenters. The summed E-state index contributed by atoms with van der Waals surface area (Å²) in [6, 6.07) is 2.99. The molecule has 2 rings (SSSR count). The average Bonchev–Trinajstić information content (AvgIpc) is 2.98. The minimum Gasteiger partial charge on any atom is -0.481 e. The number of nitrogens with zero attached hydrogens (tertiary/aromatic N) is 1. The van der Waals surface area contributed by atoms with Crippen LogP contribution in [0.15, 0.2) is 27.2 Å². The summed E-state index contributed by atoms with van der Waals surface area (Å²) in [6.45, 7) is 3.35. The summed E-state index contributed by atoms with van der Waals surface area (Å²) < 4.78 is 10.6. The largest absolute Gasteiger partial charge is 0.481 e. The van der Waals surface area contributed by atoms with Gasteiger partial charge in [0.25, 0.3) is 5.89 Å². The fourth-order valence-corrected chi connectivity index (χ4v) is 1.89. The standard InChI is InChI=1S/C14H16N2O5/c1-8(6-13(18)19)15-12(17)7-10-9(2)21-14(16-10)11-4-3-5-20-11/h3-5,8H,6-7H2,1-2H3,(H,15,17)(H,18,19). The maximum atomic E-state index is 11.8. The van der Waals surface area contributed by atoms with Crippen molar-refractivity contribution < 1.29 is 23.5 Å². The Balaban J connectivity index is 2.00. The van der Waals surface area contributed by atoms with Gasteiger partial charge >= 0.3 is 5.97 Å². The molecule has 7 nitrogen and oxygen atoms in total. The first-order valence-electron chi connectivity index (χ1n) is 6.47. The van der Waals surface area contributed by atoms with E-state index in [1.54, 1.807) is 26.0 Å². The van der Waals surface area contributed by atoms with Crippen LogP contribution in [-0.4, -0.2) is 28.0 Å². The molecule has 0 aliphatic rings. The molecule has 0 aliphatic heterocycles. The number of nitrogens with one attached hydrogen (secondary N) is 1. The normalized spacial score (nSPS) is 12.1. The predicted molar refractivity (Wildman–Crippen MR) is 72.5 cm³/mol. The smallest absolute Gasteiger partial charge is 0.305 e. The molecule has 21 heavy (non-hydrogen) atoms. The lowest BCUT2D eigenvalue weighted by Crippen LogP contribution is -2.35. The molecular formula is C14H16N2O5. The van der Waals surface area contributed by atoms with E-state index in [2.05, 4.69) is 10.3 Å². The van der Waals surface area contributed by atoms with Gasteiger partial charge < -0.3 is 19.3 Å². The number of carboxylic acids is 1. The molecule has 2 aromatic heterocycles. The van der Waals surface area contributed by atoms with Crippen molar-refractivity contribution >= 4 is 11.9 Å². The van der Waals surface area contributed by atoms with Crippen molar-refractivity contribution in [3.05, 3.63) is 29.9 Å². The Kier molecular flexibility index (Phi) is 4.42. The quantitative estimate of drug-likeness (QED) is 0.840. The van der Waals surface area contributed by atoms with E-state index >= 15 is 0 Å². The van der Waals surface area contributed by atoms with Gasteiger partial charge in [-0.1, -0.05) is 0 Å². The molecule has 0 bridgehead atoms. The van der Waals surface area contributed by atoms with Crippen LogP contribution in [0.1, 0.15) is 24.8 Å². The topological polar surface area (TPSA) is 106 Å². The van der Waals surface area contributed by atoms with Gasteiger partial charge in [0.15, 0.2) is 5.76 Å². The van der Waals surface area contributed by atoms with Crippen molar-refractivity contribution in [2.75, 3.05) is 0 Å². The van der Waals surface area contributed by atoms with E-state index in [0.717, 1.165) is 0 Å². The molecule has 0 fully saturated rings. The van der Waals surface area contributed by atoms with Gasteiger partial charge in [-0.25, -0.2) is 4.98 Å². The molecule has 2 aromatic rings. The predicted octanol–water partition coefficient (Wildman–Crippen LogP) is 1.76. The minimum absolute atomic E-state index is 0.0278. The number of oxazole rings is 1. The van der Waals surface area contributed by atoms with Gasteiger partial charge in [0, 0.05) is 6.04 Å². The number of carbonyl (C=O) groups excluding carboxylic acids is 1. The summed E-state index contributed by atoms with van der Waals surface area (Å²) in [5.74, 6) is 0.0805. The number of amides is 1. The summed E-state index contributed by atoms with van der Waals surface area (Å²) in [4.78, 5) is 26.6. The molecule has 0 saturated carbocycles. The summed E-state index contributed by atoms with van der Waals surface area (Å²) in [6.07, 6.45) is 1.41. The van der Waals surface area contributed by atoms with Crippen LogP contribution in [0.5, 0.6) is 0 Å². The van der Waals surface area contributed by atoms with Crippen molar-refractivity contribution in [3.63, 3.8) is 0 Å². The van der Waals surface area contributed by atoms with Crippen LogP contribution >= 0.6 is 0 Å². The van der Waals surface area contributed by atoms with Gasteiger partial charge in [-0.2, -0.15) is 0 Å². The van der Waals surface area contributed by atoms with Crippen LogP contribution in [0, 0.1) is 6.92 Å². The average molecular weight is 292 g/mol. The number of aryl methyl sites for hydroxylation is 1. The molecule has 0 aromatic carbocycles. The lowest BCUT2D eigenvalue weighted by Gasteiger charge is -2.10. The molecule has 0 aliphatic carbocycles. The fraction of sp³-hybridized carbons (Fsp3) is 0.357. The summed E-state index contributed by atoms with van der Waals surface area (Å²) >= 11 is 0. The Bertz CT molecular complexity index is 630. The zero-order valence-electron chi connectivity index (χ0n) is 11.8. The van der Waals surface area contributed by atoms with Gasteiger partial charge in [-0.3, -0.25) is 9.59 Å². The zero-order valence-corrected chi connectivity index (χ0v) is 11.8. The Morgan fingerprint density at radius 1 is 1.48 bits per heavy atom. The number of carbonyl (C=O) groups is 2. The first-order chi connectivity index (χ1) is 9.95. The highest BCUT2D eigenvalue weighted by molar-refractivity contribution is 5.79. The van der Waals surface area contributed by atoms with Gasteiger partial charge in [-0.15, -0.1) is 0 Å². The summed E-state index contributed by atoms with van der Waals surface area (Å²) in [7, 11) is 0. The summed E-state index contributed by atoms with van der Waals surface area (Å²) in [5, 5.41) is 11.3. The number of hydrogen-bond donors (Lipinski definition) is 2. The molecule has 2 heterocycles. The molecule has 0 radical (unpaired) electrons. The van der Waals surface area contributed by atoms with Crippen LogP contribution in [0.3, 0.4) is 0 Å². The molecule has 7 heteroatoms. The Labute approximate surface area is 121 Å². The number of hydrogen-bond acceptors (Lipinski definition) is 5. The number of aromatic nitrogens is 1. The molecule has 112 valence electrons. The number of aliphatic carboxylic acids is 1. The van der Waals surface area contributed by atoms with E-state index in [1.807, 2.05) is 0 Å². The highest BCUT2D eigenvalue weighted by Crippen LogP contribution is 2.22. The van der Waals surface area contributed by atoms with Gasteiger partial charge in [0.05, 0.1) is 24.8 Å². The third-order valence-electron chi connectivity index (χ3n) is 2.84. The second kappa shape index (κ2) is 6.25. The van der Waals surface area contributed by atoms with E-state index in [0.29, 0.717) is 23.1 Å². The second-order valence-electron chi connectivity index (χ2n) is 4.74. The number of rotatable bonds is 6. The van der Waals surface area contributed by atoms with Crippen molar-refractivity contribution in [2.24, 2.45) is 0 Å². The molecule has 2 N–H and O–H groups in total. The van der Waals surface area contributed by atoms with Crippen molar-refractivity contribution in [2.45, 2.75) is 32.7 Å². The van der Waals surface area contributed by atoms with Gasteiger partial charge in [0.1, 0.15) is 5.76 Å². The van der Waals surface area contributed by atoms with Crippen LogP contribution in [0.25, 0.3) is 11.7 Å². The Morgan fingerprint density at radius 3 is 2.86 bits per heavy atom. The third-order valence-corrected chi connectivity index (χ3v) is 2.84. The van der Waals surface area contributed by atoms with Crippen molar-refractivity contribution in [1.82, 2.24) is 10.3 Å². The Morgan fingerprint density at radius 2 is 2.24 bits per heavy atom. The monoisotopic (exact) mass is 292 g/mol. The molecular weight excluding hydrogens is 276 g/mol. The van der Waals surface area contributed by atoms with Crippen LogP contribution in [0.4, 0.5) is 0 Å². The lowest BCUT2D eigenvalue weighted by molar-refractivity contribution is -0.137. The number of furan rings is 1. The van der Waals surface area contributed by atoms with Crippen LogP contribution in [-0.2, 0) is 16.0 Å². The molecule has 1 amide bonds.